The molecular weight excluding hydrogens is 392 g/mol. The summed E-state index contributed by atoms with van der Waals surface area (Å²) in [5.74, 6) is -6.53. The number of allylic oxidation sites excluding steroid dienone is 1. The van der Waals surface area contributed by atoms with Crippen LogP contribution in [0.1, 0.15) is 5.56 Å². The highest BCUT2D eigenvalue weighted by Gasteiger charge is 2.52. The predicted molar refractivity (Wildman–Crippen MR) is 76.8 cm³/mol. The Balaban J connectivity index is 2.47. The number of ketones is 2. The number of alkyl halides is 6. The number of hydrogen-bond acceptors (Lipinski definition) is 5. The highest BCUT2D eigenvalue weighted by atomic mass is 35.5. The van der Waals surface area contributed by atoms with Crippen LogP contribution in [0, 0.1) is 0 Å². The smallest absolute Gasteiger partial charge is 0.369 e. The Morgan fingerprint density at radius 1 is 1.12 bits per heavy atom. The van der Waals surface area contributed by atoms with E-state index >= 15 is 0 Å². The molecule has 0 aliphatic carbocycles. The van der Waals surface area contributed by atoms with Crippen LogP contribution in [0.15, 0.2) is 29.7 Å². The first-order chi connectivity index (χ1) is 11.9. The molecule has 1 aliphatic heterocycles. The fourth-order valence-corrected chi connectivity index (χ4v) is 2.37. The summed E-state index contributed by atoms with van der Waals surface area (Å²) in [5, 5.41) is 2.40. The molecule has 1 aromatic heterocycles. The zero-order valence-electron chi connectivity index (χ0n) is 12.7. The average Bonchev–Trinajstić information content (AvgIpc) is 2.96. The Kier molecular flexibility index (Phi) is 5.49. The van der Waals surface area contributed by atoms with Crippen molar-refractivity contribution >= 4 is 23.2 Å². The molecule has 1 aliphatic rings. The lowest BCUT2D eigenvalue weighted by Crippen LogP contribution is -2.39. The molecule has 0 unspecified atom stereocenters. The van der Waals surface area contributed by atoms with E-state index in [4.69, 9.17) is 11.6 Å². The summed E-state index contributed by atoms with van der Waals surface area (Å²) in [7, 11) is 0. The topological polar surface area (TPSA) is 62.3 Å². The summed E-state index contributed by atoms with van der Waals surface area (Å²) < 4.78 is 76.4. The van der Waals surface area contributed by atoms with E-state index in [1.807, 2.05) is 0 Å². The van der Waals surface area contributed by atoms with Gasteiger partial charge in [-0.05, 0) is 11.6 Å². The van der Waals surface area contributed by atoms with E-state index in [1.165, 1.54) is 18.3 Å². The van der Waals surface area contributed by atoms with Gasteiger partial charge < -0.3 is 10.2 Å². The number of hydrogen-bond donors (Lipinski definition) is 1. The van der Waals surface area contributed by atoms with Crippen molar-refractivity contribution in [2.75, 3.05) is 13.1 Å². The second kappa shape index (κ2) is 7.14. The van der Waals surface area contributed by atoms with E-state index in [-0.39, 0.29) is 24.8 Å². The van der Waals surface area contributed by atoms with Crippen LogP contribution in [0.5, 0.6) is 0 Å². The molecule has 0 spiro atoms. The minimum absolute atomic E-state index is 0.0161. The lowest BCUT2D eigenvalue weighted by molar-refractivity contribution is -0.175. The fraction of sp³-hybridized carbons (Fsp3) is 0.357. The molecule has 0 aromatic carbocycles. The Hall–Kier alpha value is -2.30. The van der Waals surface area contributed by atoms with Gasteiger partial charge in [-0.3, -0.25) is 9.59 Å². The minimum atomic E-state index is -5.64. The van der Waals surface area contributed by atoms with Crippen LogP contribution in [-0.2, 0) is 16.1 Å². The Morgan fingerprint density at radius 2 is 1.69 bits per heavy atom. The van der Waals surface area contributed by atoms with Crippen LogP contribution in [-0.4, -0.2) is 46.9 Å². The van der Waals surface area contributed by atoms with Crippen LogP contribution >= 0.6 is 11.6 Å². The summed E-state index contributed by atoms with van der Waals surface area (Å²) in [4.78, 5) is 27.7. The monoisotopic (exact) mass is 401 g/mol. The summed E-state index contributed by atoms with van der Waals surface area (Å²) in [6, 6.07) is 2.84. The molecule has 2 rings (SSSR count). The average molecular weight is 402 g/mol. The number of nitrogens with zero attached hydrogens (tertiary/aromatic N) is 2. The zero-order valence-corrected chi connectivity index (χ0v) is 13.5. The van der Waals surface area contributed by atoms with Crippen molar-refractivity contribution in [3.8, 4) is 0 Å². The van der Waals surface area contributed by atoms with E-state index in [0.717, 1.165) is 4.90 Å². The molecule has 26 heavy (non-hydrogen) atoms. The third-order valence-corrected chi connectivity index (χ3v) is 3.58. The molecule has 0 bridgehead atoms. The second-order valence-electron chi connectivity index (χ2n) is 5.21. The van der Waals surface area contributed by atoms with Crippen molar-refractivity contribution in [1.29, 1.82) is 0 Å². The largest absolute Gasteiger partial charge is 0.455 e. The maximum atomic E-state index is 12.7. The first kappa shape index (κ1) is 20.0. The van der Waals surface area contributed by atoms with E-state index in [1.54, 1.807) is 0 Å². The van der Waals surface area contributed by atoms with E-state index in [2.05, 4.69) is 10.3 Å². The fourth-order valence-electron chi connectivity index (χ4n) is 2.26. The van der Waals surface area contributed by atoms with Gasteiger partial charge in [0.2, 0.25) is 0 Å². The highest BCUT2D eigenvalue weighted by molar-refractivity contribution is 6.29. The standard InChI is InChI=1S/C14H10ClF6N3O2/c15-8-2-1-7(5-23-8)6-24-4-3-22-12(24)9(10(25)13(16,17)18)11(26)14(19,20)21/h1-2,5,22H,3-4,6H2. The quantitative estimate of drug-likeness (QED) is 0.276. The van der Waals surface area contributed by atoms with Gasteiger partial charge in [-0.25, -0.2) is 4.98 Å². The highest BCUT2D eigenvalue weighted by Crippen LogP contribution is 2.30. The van der Waals surface area contributed by atoms with Gasteiger partial charge in [-0.1, -0.05) is 17.7 Å². The number of nitrogens with one attached hydrogen (secondary N) is 1. The van der Waals surface area contributed by atoms with Gasteiger partial charge in [0, 0.05) is 25.8 Å². The van der Waals surface area contributed by atoms with Crippen molar-refractivity contribution in [2.24, 2.45) is 0 Å². The number of aromatic nitrogens is 1. The Morgan fingerprint density at radius 3 is 2.15 bits per heavy atom. The number of halogens is 7. The summed E-state index contributed by atoms with van der Waals surface area (Å²) in [6.07, 6.45) is -10.0. The van der Waals surface area contributed by atoms with Crippen LogP contribution in [0.4, 0.5) is 26.3 Å². The van der Waals surface area contributed by atoms with Gasteiger partial charge in [-0.2, -0.15) is 26.3 Å². The van der Waals surface area contributed by atoms with Gasteiger partial charge in [0.25, 0.3) is 11.6 Å². The molecular formula is C14H10ClF6N3O2. The molecule has 0 amide bonds. The minimum Gasteiger partial charge on any atom is -0.369 e. The van der Waals surface area contributed by atoms with E-state index in [0.29, 0.717) is 5.56 Å². The molecule has 0 atom stereocenters. The molecule has 0 radical (unpaired) electrons. The molecule has 12 heteroatoms. The molecule has 1 N–H and O–H groups in total. The predicted octanol–water partition coefficient (Wildman–Crippen LogP) is 2.61. The Bertz CT molecular complexity index is 715. The van der Waals surface area contributed by atoms with Crippen molar-refractivity contribution < 1.29 is 35.9 Å². The van der Waals surface area contributed by atoms with Crippen molar-refractivity contribution in [2.45, 2.75) is 18.9 Å². The molecule has 1 saturated heterocycles. The number of carbonyl (C=O) groups is 2. The SMILES string of the molecule is O=C(C(C(=O)C(F)(F)F)=C1NCCN1Cc1ccc(Cl)nc1)C(F)(F)F. The lowest BCUT2D eigenvalue weighted by atomic mass is 10.0. The second-order valence-corrected chi connectivity index (χ2v) is 5.60. The van der Waals surface area contributed by atoms with Crippen LogP contribution in [0.2, 0.25) is 5.15 Å². The number of rotatable bonds is 4. The van der Waals surface area contributed by atoms with Crippen molar-refractivity contribution in [1.82, 2.24) is 15.2 Å². The third kappa shape index (κ3) is 4.45. The molecule has 1 fully saturated rings. The van der Waals surface area contributed by atoms with Crippen LogP contribution < -0.4 is 5.32 Å². The summed E-state index contributed by atoms with van der Waals surface area (Å²) >= 11 is 5.61. The van der Waals surface area contributed by atoms with Gasteiger partial charge in [0.1, 0.15) is 16.5 Å². The number of Topliss-reactive ketones (excluding diaryl/α,β-unsaturated/α-hetero) is 2. The number of pyridine rings is 1. The maximum Gasteiger partial charge on any atom is 0.455 e. The molecule has 142 valence electrons. The molecule has 2 heterocycles. The molecule has 5 nitrogen and oxygen atoms in total. The van der Waals surface area contributed by atoms with Crippen LogP contribution in [0.3, 0.4) is 0 Å². The summed E-state index contributed by atoms with van der Waals surface area (Å²) in [6.45, 7) is -0.236. The maximum absolute atomic E-state index is 12.7. The van der Waals surface area contributed by atoms with Gasteiger partial charge in [-0.15, -0.1) is 0 Å². The molecule has 0 saturated carbocycles. The van der Waals surface area contributed by atoms with E-state index in [9.17, 15) is 35.9 Å². The third-order valence-electron chi connectivity index (χ3n) is 3.36. The first-order valence-electron chi connectivity index (χ1n) is 6.98. The van der Waals surface area contributed by atoms with Crippen LogP contribution in [0.25, 0.3) is 0 Å². The van der Waals surface area contributed by atoms with Crippen molar-refractivity contribution in [3.05, 3.63) is 40.4 Å². The Labute approximate surface area is 147 Å². The van der Waals surface area contributed by atoms with E-state index < -0.39 is 35.3 Å². The normalized spacial score (nSPS) is 15.0. The van der Waals surface area contributed by atoms with Gasteiger partial charge in [0.15, 0.2) is 0 Å². The van der Waals surface area contributed by atoms with Gasteiger partial charge >= 0.3 is 12.4 Å². The molecule has 1 aromatic rings. The van der Waals surface area contributed by atoms with Gasteiger partial charge in [0.05, 0.1) is 0 Å². The lowest BCUT2D eigenvalue weighted by Gasteiger charge is -2.22. The first-order valence-corrected chi connectivity index (χ1v) is 7.35. The number of carbonyl (C=O) groups excluding carboxylic acids is 2. The van der Waals surface area contributed by atoms with Crippen molar-refractivity contribution in [3.63, 3.8) is 0 Å². The summed E-state index contributed by atoms with van der Waals surface area (Å²) in [5.41, 5.74) is -1.57. The zero-order chi connectivity index (χ0) is 19.7.